The van der Waals surface area contributed by atoms with Crippen LogP contribution in [0, 0.1) is 16.7 Å². The average Bonchev–Trinajstić information content (AvgIpc) is 3.34. The summed E-state index contributed by atoms with van der Waals surface area (Å²) in [6, 6.07) is 32.2. The average molecular weight is 750 g/mol. The minimum absolute atomic E-state index is 0.0704. The lowest BCUT2D eigenvalue weighted by molar-refractivity contribution is -0.151. The monoisotopic (exact) mass is 749 g/mol. The van der Waals surface area contributed by atoms with E-state index in [2.05, 4.69) is 0 Å². The van der Waals surface area contributed by atoms with Crippen LogP contribution >= 0.6 is 20.0 Å². The third-order valence-electron chi connectivity index (χ3n) is 8.90. The van der Waals surface area contributed by atoms with Gasteiger partial charge in [0.2, 0.25) is 0 Å². The topological polar surface area (TPSA) is 190 Å². The first kappa shape index (κ1) is 39.1. The van der Waals surface area contributed by atoms with Gasteiger partial charge in [0.1, 0.15) is 23.9 Å². The summed E-state index contributed by atoms with van der Waals surface area (Å²) in [6.07, 6.45) is -2.21. The number of aromatic nitrogens is 2. The first-order valence-electron chi connectivity index (χ1n) is 16.4. The van der Waals surface area contributed by atoms with Crippen molar-refractivity contribution in [1.82, 2.24) is 9.55 Å². The zero-order valence-electron chi connectivity index (χ0n) is 28.8. The molecule has 1 aromatic heterocycles. The third-order valence-corrected chi connectivity index (χ3v) is 10.9. The summed E-state index contributed by atoms with van der Waals surface area (Å²) in [5, 5.41) is 31.6. The lowest BCUT2D eigenvalue weighted by Crippen LogP contribution is -2.58. The molecule has 0 saturated carbocycles. The predicted molar refractivity (Wildman–Crippen MR) is 194 cm³/mol. The Bertz CT molecular complexity index is 1920. The van der Waals surface area contributed by atoms with Crippen molar-refractivity contribution in [2.45, 2.75) is 49.9 Å². The molecule has 1 saturated heterocycles. The Morgan fingerprint density at radius 1 is 0.981 bits per heavy atom. The summed E-state index contributed by atoms with van der Waals surface area (Å²) in [5.41, 5.74) is -5.79. The summed E-state index contributed by atoms with van der Waals surface area (Å²) in [5.74, 6) is 0.146. The van der Waals surface area contributed by atoms with E-state index in [9.17, 15) is 34.4 Å². The number of nitrogens with one attached hydrogen (secondary N) is 1. The second kappa shape index (κ2) is 16.2. The molecule has 0 radical (unpaired) electrons. The number of H-pyrrole nitrogens is 1. The Morgan fingerprint density at radius 3 is 2.02 bits per heavy atom. The van der Waals surface area contributed by atoms with Crippen LogP contribution in [0.1, 0.15) is 37.5 Å². The number of aliphatic hydroxyl groups excluding tert-OH is 1. The number of hydrogen-bond acceptors (Lipinski definition) is 12. The standard InChI is InChI=1S/C37H40N3O10PS/c1-34(2,25-47-37(26-13-7-4-8-14-26,27-15-9-5-10-16-27)28-17-11-6-12-18-28)32(43)52-22-21-48-51(46)49-23-29-31(42)35(3,45)36(24-38,50-29)40-20-19-30(41)39-33(40)44/h4-20,29,31,42,45,51H,21-23,25H2,1-3H3,(H,39,41,44)/t29-,31-,35-,36-/m1/s1. The molecule has 0 amide bonds. The maximum Gasteiger partial charge on any atom is 0.331 e. The van der Waals surface area contributed by atoms with Gasteiger partial charge in [-0.3, -0.25) is 23.7 Å². The lowest BCUT2D eigenvalue weighted by Gasteiger charge is -2.38. The van der Waals surface area contributed by atoms with Crippen molar-refractivity contribution in [3.63, 3.8) is 0 Å². The summed E-state index contributed by atoms with van der Waals surface area (Å²) >= 11 is 0.996. The van der Waals surface area contributed by atoms with Crippen LogP contribution < -0.4 is 11.2 Å². The van der Waals surface area contributed by atoms with Gasteiger partial charge in [-0.05, 0) is 37.5 Å². The highest BCUT2D eigenvalue weighted by Crippen LogP contribution is 2.44. The highest BCUT2D eigenvalue weighted by molar-refractivity contribution is 8.13. The van der Waals surface area contributed by atoms with Crippen LogP contribution in [0.25, 0.3) is 0 Å². The summed E-state index contributed by atoms with van der Waals surface area (Å²) in [7, 11) is -3.18. The number of hydrogen-bond donors (Lipinski definition) is 3. The van der Waals surface area contributed by atoms with Crippen LogP contribution in [-0.4, -0.2) is 68.3 Å². The number of aliphatic hydroxyl groups is 2. The number of thioether (sulfide) groups is 1. The molecule has 2 heterocycles. The number of nitrogens with zero attached hydrogens (tertiary/aromatic N) is 2. The summed E-state index contributed by atoms with van der Waals surface area (Å²) in [6.45, 7) is 4.06. The molecule has 3 N–H and O–H groups in total. The van der Waals surface area contributed by atoms with E-state index in [0.29, 0.717) is 4.57 Å². The van der Waals surface area contributed by atoms with Gasteiger partial charge in [0, 0.05) is 18.0 Å². The van der Waals surface area contributed by atoms with Crippen molar-refractivity contribution in [1.29, 1.82) is 5.26 Å². The SMILES string of the molecule is CC(C)(COC(c1ccccc1)(c1ccccc1)c1ccccc1)C(=O)SCCO[PH](=O)OC[C@H]1O[C@@](C#N)(n2ccc(=O)[nH]c2=O)[C@](C)(O)[C@@H]1O. The predicted octanol–water partition coefficient (Wildman–Crippen LogP) is 3.94. The zero-order valence-corrected chi connectivity index (χ0v) is 30.6. The van der Waals surface area contributed by atoms with Crippen molar-refractivity contribution in [2.24, 2.45) is 5.41 Å². The molecule has 1 unspecified atom stereocenters. The fraction of sp³-hybridized carbons (Fsp3) is 0.351. The van der Waals surface area contributed by atoms with E-state index in [-0.39, 0.29) is 24.1 Å². The molecule has 1 aliphatic heterocycles. The van der Waals surface area contributed by atoms with Gasteiger partial charge in [0.15, 0.2) is 10.7 Å². The number of carbonyl (C=O) groups is 1. The summed E-state index contributed by atoms with van der Waals surface area (Å²) in [4.78, 5) is 39.4. The van der Waals surface area contributed by atoms with E-state index in [1.165, 1.54) is 0 Å². The van der Waals surface area contributed by atoms with Crippen molar-refractivity contribution >= 4 is 25.1 Å². The fourth-order valence-electron chi connectivity index (χ4n) is 6.01. The molecule has 3 aromatic carbocycles. The highest BCUT2D eigenvalue weighted by Gasteiger charge is 2.65. The van der Waals surface area contributed by atoms with Gasteiger partial charge in [-0.15, -0.1) is 0 Å². The van der Waals surface area contributed by atoms with Crippen molar-refractivity contribution in [2.75, 3.05) is 25.6 Å². The van der Waals surface area contributed by atoms with E-state index >= 15 is 0 Å². The van der Waals surface area contributed by atoms with Crippen molar-refractivity contribution < 1.29 is 38.1 Å². The van der Waals surface area contributed by atoms with E-state index < -0.39 is 60.7 Å². The Kier molecular flexibility index (Phi) is 12.2. The quantitative estimate of drug-likeness (QED) is 0.0903. The van der Waals surface area contributed by atoms with Crippen molar-refractivity contribution in [3.05, 3.63) is 141 Å². The minimum Gasteiger partial charge on any atom is -0.387 e. The van der Waals surface area contributed by atoms with Crippen LogP contribution in [0.2, 0.25) is 0 Å². The van der Waals surface area contributed by atoms with Gasteiger partial charge in [-0.2, -0.15) is 5.26 Å². The fourth-order valence-corrected chi connectivity index (χ4v) is 7.61. The summed E-state index contributed by atoms with van der Waals surface area (Å²) < 4.78 is 36.3. The first-order chi connectivity index (χ1) is 24.8. The largest absolute Gasteiger partial charge is 0.387 e. The van der Waals surface area contributed by atoms with E-state index in [4.69, 9.17) is 18.5 Å². The van der Waals surface area contributed by atoms with E-state index in [1.54, 1.807) is 19.9 Å². The number of rotatable bonds is 15. The van der Waals surface area contributed by atoms with Crippen LogP contribution in [0.4, 0.5) is 0 Å². The molecule has 0 bridgehead atoms. The molecule has 52 heavy (non-hydrogen) atoms. The molecule has 15 heteroatoms. The van der Waals surface area contributed by atoms with Gasteiger partial charge in [0.25, 0.3) is 11.3 Å². The Labute approximate surface area is 305 Å². The van der Waals surface area contributed by atoms with Gasteiger partial charge in [0.05, 0.1) is 25.2 Å². The van der Waals surface area contributed by atoms with E-state index in [0.717, 1.165) is 47.6 Å². The number of benzene rings is 3. The molecule has 1 aliphatic rings. The highest BCUT2D eigenvalue weighted by atomic mass is 32.2. The molecule has 274 valence electrons. The third kappa shape index (κ3) is 7.78. The number of nitriles is 1. The van der Waals surface area contributed by atoms with Gasteiger partial charge >= 0.3 is 13.9 Å². The smallest absolute Gasteiger partial charge is 0.331 e. The lowest BCUT2D eigenvalue weighted by atomic mass is 9.79. The maximum atomic E-state index is 13.5. The van der Waals surface area contributed by atoms with Crippen LogP contribution in [0.3, 0.4) is 0 Å². The molecule has 5 rings (SSSR count). The minimum atomic E-state index is -3.18. The van der Waals surface area contributed by atoms with Crippen LogP contribution in [0.15, 0.2) is 113 Å². The molecule has 0 spiro atoms. The van der Waals surface area contributed by atoms with Crippen molar-refractivity contribution in [3.8, 4) is 6.07 Å². The van der Waals surface area contributed by atoms with Crippen LogP contribution in [0.5, 0.6) is 0 Å². The second-order valence-corrected chi connectivity index (χ2v) is 15.1. The van der Waals surface area contributed by atoms with E-state index in [1.807, 2.05) is 96.0 Å². The normalized spacial score (nSPS) is 22.5. The molecule has 4 aromatic rings. The first-order valence-corrected chi connectivity index (χ1v) is 18.6. The molecule has 13 nitrogen and oxygen atoms in total. The molecular weight excluding hydrogens is 709 g/mol. The Balaban J connectivity index is 1.17. The van der Waals surface area contributed by atoms with Crippen LogP contribution in [-0.2, 0) is 39.2 Å². The number of aromatic amines is 1. The second-order valence-electron chi connectivity index (χ2n) is 13.0. The number of carbonyl (C=O) groups excluding carboxylic acids is 1. The molecule has 0 aliphatic carbocycles. The molecule has 1 fully saturated rings. The number of ether oxygens (including phenoxy) is 2. The molecular formula is C37H40N3O10PS. The van der Waals surface area contributed by atoms with Gasteiger partial charge in [-0.1, -0.05) is 103 Å². The Hall–Kier alpha value is -4.16. The maximum absolute atomic E-state index is 13.5. The molecule has 5 atom stereocenters. The zero-order chi connectivity index (χ0) is 37.6. The Morgan fingerprint density at radius 2 is 1.52 bits per heavy atom. The van der Waals surface area contributed by atoms with Gasteiger partial charge < -0.3 is 28.7 Å². The van der Waals surface area contributed by atoms with Gasteiger partial charge in [-0.25, -0.2) is 4.79 Å².